The highest BCUT2D eigenvalue weighted by Crippen LogP contribution is 2.13. The lowest BCUT2D eigenvalue weighted by molar-refractivity contribution is 0.102. The van der Waals surface area contributed by atoms with Crippen molar-refractivity contribution in [3.05, 3.63) is 35.4 Å². The number of ketones is 1. The number of benzene rings is 1. The first-order valence-corrected chi connectivity index (χ1v) is 7.68. The third kappa shape index (κ3) is 3.98. The summed E-state index contributed by atoms with van der Waals surface area (Å²) in [4.78, 5) is 11.9. The monoisotopic (exact) mass is 277 g/mol. The van der Waals surface area contributed by atoms with Crippen LogP contribution in [0.5, 0.6) is 0 Å². The van der Waals surface area contributed by atoms with E-state index >= 15 is 0 Å². The van der Waals surface area contributed by atoms with E-state index in [-0.39, 0.29) is 17.6 Å². The molecule has 4 nitrogen and oxygen atoms in total. The molecule has 1 aliphatic rings. The number of hydrogen-bond donors (Lipinski definition) is 0. The van der Waals surface area contributed by atoms with E-state index in [1.165, 1.54) is 0 Å². The van der Waals surface area contributed by atoms with Gasteiger partial charge in [0.2, 0.25) is 0 Å². The number of rotatable bonds is 5. The molecule has 0 spiro atoms. The van der Waals surface area contributed by atoms with Crippen LogP contribution in [0, 0.1) is 11.3 Å². The van der Waals surface area contributed by atoms with Gasteiger partial charge in [0.25, 0.3) is 0 Å². The Morgan fingerprint density at radius 3 is 2.74 bits per heavy atom. The van der Waals surface area contributed by atoms with Gasteiger partial charge in [-0.25, -0.2) is 0 Å². The van der Waals surface area contributed by atoms with Crippen molar-refractivity contribution >= 4 is 16.6 Å². The number of hydrogen-bond acceptors (Lipinski definition) is 4. The Labute approximate surface area is 114 Å². The largest absolute Gasteiger partial charge is 0.377 e. The standard InChI is InChI=1S/C14H15NO3S/c15-8-11-3-5-12(6-4-11)14(16)10-19(17)9-13-2-1-7-18-13/h3-6,13H,1-2,7,9-10H2. The Kier molecular flexibility index (Phi) is 4.83. The third-order valence-corrected chi connectivity index (χ3v) is 4.35. The molecule has 1 aliphatic heterocycles. The van der Waals surface area contributed by atoms with Gasteiger partial charge in [-0.15, -0.1) is 0 Å². The molecule has 1 heterocycles. The zero-order valence-corrected chi connectivity index (χ0v) is 11.3. The summed E-state index contributed by atoms with van der Waals surface area (Å²) in [5.41, 5.74) is 1.01. The summed E-state index contributed by atoms with van der Waals surface area (Å²) in [6, 6.07) is 8.38. The lowest BCUT2D eigenvalue weighted by atomic mass is 10.1. The molecule has 0 amide bonds. The SMILES string of the molecule is N#Cc1ccc(C(=O)CS(=O)CC2CCCO2)cc1. The van der Waals surface area contributed by atoms with Crippen molar-refractivity contribution in [3.8, 4) is 6.07 Å². The number of carbonyl (C=O) groups excluding carboxylic acids is 1. The van der Waals surface area contributed by atoms with Gasteiger partial charge in [0.15, 0.2) is 5.78 Å². The first-order valence-electron chi connectivity index (χ1n) is 6.19. The molecule has 0 aromatic heterocycles. The van der Waals surface area contributed by atoms with E-state index in [1.807, 2.05) is 6.07 Å². The van der Waals surface area contributed by atoms with Crippen molar-refractivity contribution in [1.29, 1.82) is 5.26 Å². The maximum atomic E-state index is 11.9. The van der Waals surface area contributed by atoms with Crippen LogP contribution in [0.25, 0.3) is 0 Å². The minimum absolute atomic E-state index is 0.0196. The Balaban J connectivity index is 1.88. The molecule has 1 aromatic carbocycles. The minimum Gasteiger partial charge on any atom is -0.377 e. The summed E-state index contributed by atoms with van der Waals surface area (Å²) in [5.74, 6) is 0.300. The van der Waals surface area contributed by atoms with Crippen LogP contribution in [0.3, 0.4) is 0 Å². The summed E-state index contributed by atoms with van der Waals surface area (Å²) in [6.07, 6.45) is 1.97. The molecule has 19 heavy (non-hydrogen) atoms. The molecule has 1 saturated heterocycles. The smallest absolute Gasteiger partial charge is 0.175 e. The van der Waals surface area contributed by atoms with Gasteiger partial charge in [0, 0.05) is 23.0 Å². The zero-order valence-electron chi connectivity index (χ0n) is 10.5. The molecule has 0 bridgehead atoms. The maximum absolute atomic E-state index is 11.9. The summed E-state index contributed by atoms with van der Waals surface area (Å²) in [7, 11) is -1.19. The molecule has 0 aliphatic carbocycles. The molecule has 1 aromatic rings. The van der Waals surface area contributed by atoms with E-state index < -0.39 is 10.8 Å². The van der Waals surface area contributed by atoms with Crippen LogP contribution >= 0.6 is 0 Å². The minimum atomic E-state index is -1.19. The fourth-order valence-electron chi connectivity index (χ4n) is 2.00. The Morgan fingerprint density at radius 1 is 1.42 bits per heavy atom. The molecule has 0 N–H and O–H groups in total. The zero-order chi connectivity index (χ0) is 13.7. The second kappa shape index (κ2) is 6.60. The Morgan fingerprint density at radius 2 is 2.16 bits per heavy atom. The van der Waals surface area contributed by atoms with Gasteiger partial charge < -0.3 is 4.74 Å². The second-order valence-electron chi connectivity index (χ2n) is 4.50. The molecule has 100 valence electrons. The first-order chi connectivity index (χ1) is 9.19. The summed E-state index contributed by atoms with van der Waals surface area (Å²) >= 11 is 0. The molecule has 0 saturated carbocycles. The van der Waals surface area contributed by atoms with Gasteiger partial charge in [0.05, 0.1) is 29.2 Å². The quantitative estimate of drug-likeness (QED) is 0.768. The van der Waals surface area contributed by atoms with Crippen LogP contribution in [0.1, 0.15) is 28.8 Å². The number of carbonyl (C=O) groups is 1. The van der Waals surface area contributed by atoms with Gasteiger partial charge in [-0.1, -0.05) is 12.1 Å². The van der Waals surface area contributed by atoms with E-state index in [9.17, 15) is 9.00 Å². The van der Waals surface area contributed by atoms with Crippen LogP contribution in [0.2, 0.25) is 0 Å². The van der Waals surface area contributed by atoms with Gasteiger partial charge in [-0.05, 0) is 25.0 Å². The molecule has 1 fully saturated rings. The highest BCUT2D eigenvalue weighted by atomic mass is 32.2. The van der Waals surface area contributed by atoms with E-state index in [4.69, 9.17) is 10.00 Å². The fourth-order valence-corrected chi connectivity index (χ4v) is 3.26. The number of ether oxygens (including phenoxy) is 1. The van der Waals surface area contributed by atoms with Crippen molar-refractivity contribution in [2.75, 3.05) is 18.1 Å². The second-order valence-corrected chi connectivity index (χ2v) is 6.00. The molecule has 2 atom stereocenters. The normalized spacial score (nSPS) is 19.8. The summed E-state index contributed by atoms with van der Waals surface area (Å²) in [6.45, 7) is 0.728. The van der Waals surface area contributed by atoms with E-state index in [0.29, 0.717) is 16.9 Å². The van der Waals surface area contributed by atoms with Crippen LogP contribution < -0.4 is 0 Å². The average Bonchev–Trinajstić information content (AvgIpc) is 2.91. The van der Waals surface area contributed by atoms with Crippen LogP contribution in [-0.4, -0.2) is 34.2 Å². The first kappa shape index (κ1) is 13.9. The lowest BCUT2D eigenvalue weighted by Gasteiger charge is -2.08. The lowest BCUT2D eigenvalue weighted by Crippen LogP contribution is -2.21. The van der Waals surface area contributed by atoms with Crippen molar-refractivity contribution in [2.24, 2.45) is 0 Å². The van der Waals surface area contributed by atoms with Gasteiger partial charge >= 0.3 is 0 Å². The van der Waals surface area contributed by atoms with Crippen molar-refractivity contribution in [2.45, 2.75) is 18.9 Å². The molecule has 5 heteroatoms. The Bertz CT molecular complexity index is 512. The van der Waals surface area contributed by atoms with Gasteiger partial charge in [0.1, 0.15) is 0 Å². The van der Waals surface area contributed by atoms with E-state index in [2.05, 4.69) is 0 Å². The predicted octanol–water partition coefficient (Wildman–Crippen LogP) is 1.67. The topological polar surface area (TPSA) is 67.2 Å². The molecular weight excluding hydrogens is 262 g/mol. The Hall–Kier alpha value is -1.51. The van der Waals surface area contributed by atoms with E-state index in [1.54, 1.807) is 24.3 Å². The van der Waals surface area contributed by atoms with Crippen LogP contribution in [0.4, 0.5) is 0 Å². The number of nitriles is 1. The maximum Gasteiger partial charge on any atom is 0.175 e. The van der Waals surface area contributed by atoms with Crippen LogP contribution in [-0.2, 0) is 15.5 Å². The predicted molar refractivity (Wildman–Crippen MR) is 72.3 cm³/mol. The molecule has 2 rings (SSSR count). The molecular formula is C14H15NO3S. The molecule has 0 radical (unpaired) electrons. The highest BCUT2D eigenvalue weighted by Gasteiger charge is 2.20. The summed E-state index contributed by atoms with van der Waals surface area (Å²) in [5, 5.41) is 8.67. The van der Waals surface area contributed by atoms with E-state index in [0.717, 1.165) is 19.4 Å². The van der Waals surface area contributed by atoms with Gasteiger partial charge in [-0.3, -0.25) is 9.00 Å². The number of Topliss-reactive ketones (excluding diaryl/α,β-unsaturated/α-hetero) is 1. The highest BCUT2D eigenvalue weighted by molar-refractivity contribution is 7.85. The number of nitrogens with zero attached hydrogens (tertiary/aromatic N) is 1. The van der Waals surface area contributed by atoms with Crippen molar-refractivity contribution in [3.63, 3.8) is 0 Å². The van der Waals surface area contributed by atoms with Crippen molar-refractivity contribution in [1.82, 2.24) is 0 Å². The average molecular weight is 277 g/mol. The van der Waals surface area contributed by atoms with Crippen molar-refractivity contribution < 1.29 is 13.7 Å². The van der Waals surface area contributed by atoms with Crippen LogP contribution in [0.15, 0.2) is 24.3 Å². The fraction of sp³-hybridized carbons (Fsp3) is 0.429. The third-order valence-electron chi connectivity index (χ3n) is 3.02. The van der Waals surface area contributed by atoms with Gasteiger partial charge in [-0.2, -0.15) is 5.26 Å². The molecule has 2 unspecified atom stereocenters. The summed E-state index contributed by atoms with van der Waals surface area (Å²) < 4.78 is 17.3.